The molecule has 0 unspecified atom stereocenters. The van der Waals surface area contributed by atoms with E-state index in [0.717, 1.165) is 5.69 Å². The molecule has 0 spiro atoms. The van der Waals surface area contributed by atoms with Crippen molar-refractivity contribution in [1.82, 2.24) is 24.7 Å². The molecule has 0 aromatic carbocycles. The predicted molar refractivity (Wildman–Crippen MR) is 53.1 cm³/mol. The number of methoxy groups -OCH3 is 1. The van der Waals surface area contributed by atoms with E-state index in [4.69, 9.17) is 16.3 Å². The number of hydrogen-bond acceptors (Lipinski definition) is 5. The van der Waals surface area contributed by atoms with Crippen LogP contribution in [-0.2, 0) is 5.88 Å². The van der Waals surface area contributed by atoms with Gasteiger partial charge in [0.2, 0.25) is 0 Å². The van der Waals surface area contributed by atoms with E-state index in [1.165, 1.54) is 7.11 Å². The molecule has 0 saturated heterocycles. The van der Waals surface area contributed by atoms with Crippen molar-refractivity contribution in [2.75, 3.05) is 7.11 Å². The maximum Gasteiger partial charge on any atom is 0.316 e. The first-order valence-corrected chi connectivity index (χ1v) is 4.70. The molecule has 0 atom stereocenters. The molecule has 2 heterocycles. The van der Waals surface area contributed by atoms with E-state index in [1.54, 1.807) is 23.3 Å². The van der Waals surface area contributed by atoms with Crippen molar-refractivity contribution in [3.8, 4) is 11.7 Å². The van der Waals surface area contributed by atoms with Gasteiger partial charge in [-0.3, -0.25) is 4.57 Å². The first-order valence-electron chi connectivity index (χ1n) is 4.16. The summed E-state index contributed by atoms with van der Waals surface area (Å²) in [6, 6.07) is 0.319. The molecule has 0 radical (unpaired) electrons. The molecular formula is C8H8ClN5O. The van der Waals surface area contributed by atoms with Crippen LogP contribution in [0.3, 0.4) is 0 Å². The number of nitrogens with zero attached hydrogens (tertiary/aromatic N) is 5. The van der Waals surface area contributed by atoms with Crippen molar-refractivity contribution >= 4 is 11.6 Å². The average molecular weight is 226 g/mol. The van der Waals surface area contributed by atoms with E-state index in [2.05, 4.69) is 20.2 Å². The van der Waals surface area contributed by atoms with Crippen LogP contribution in [0.25, 0.3) is 5.69 Å². The lowest BCUT2D eigenvalue weighted by atomic mass is 10.5. The van der Waals surface area contributed by atoms with E-state index in [0.29, 0.717) is 11.8 Å². The zero-order chi connectivity index (χ0) is 10.7. The largest absolute Gasteiger partial charge is 0.467 e. The lowest BCUT2D eigenvalue weighted by Gasteiger charge is -2.03. The Kier molecular flexibility index (Phi) is 2.77. The molecule has 2 rings (SSSR count). The van der Waals surface area contributed by atoms with Crippen molar-refractivity contribution in [1.29, 1.82) is 0 Å². The maximum absolute atomic E-state index is 5.69. The van der Waals surface area contributed by atoms with E-state index < -0.39 is 0 Å². The molecule has 0 N–H and O–H groups in total. The maximum atomic E-state index is 5.69. The molecule has 0 aliphatic carbocycles. The molecule has 2 aromatic heterocycles. The van der Waals surface area contributed by atoms with Crippen LogP contribution in [-0.4, -0.2) is 31.8 Å². The van der Waals surface area contributed by atoms with Gasteiger partial charge in [0, 0.05) is 0 Å². The quantitative estimate of drug-likeness (QED) is 0.723. The van der Waals surface area contributed by atoms with Crippen molar-refractivity contribution < 1.29 is 4.74 Å². The summed E-state index contributed by atoms with van der Waals surface area (Å²) in [4.78, 5) is 7.95. The van der Waals surface area contributed by atoms with Gasteiger partial charge in [0.15, 0.2) is 5.82 Å². The van der Waals surface area contributed by atoms with Crippen LogP contribution in [0.4, 0.5) is 0 Å². The fourth-order valence-electron chi connectivity index (χ4n) is 1.10. The Morgan fingerprint density at radius 1 is 1.40 bits per heavy atom. The van der Waals surface area contributed by atoms with Gasteiger partial charge >= 0.3 is 6.01 Å². The summed E-state index contributed by atoms with van der Waals surface area (Å²) in [6.45, 7) is 0. The highest BCUT2D eigenvalue weighted by Gasteiger charge is 2.05. The highest BCUT2D eigenvalue weighted by atomic mass is 35.5. The minimum atomic E-state index is 0.284. The summed E-state index contributed by atoms with van der Waals surface area (Å²) in [5.74, 6) is 0.928. The second-order valence-corrected chi connectivity index (χ2v) is 2.95. The Morgan fingerprint density at radius 3 is 2.73 bits per heavy atom. The van der Waals surface area contributed by atoms with Crippen molar-refractivity contribution in [2.24, 2.45) is 0 Å². The van der Waals surface area contributed by atoms with Gasteiger partial charge in [-0.25, -0.2) is 9.97 Å². The lowest BCUT2D eigenvalue weighted by molar-refractivity contribution is 0.379. The third-order valence-corrected chi connectivity index (χ3v) is 2.05. The van der Waals surface area contributed by atoms with E-state index in [9.17, 15) is 0 Å². The molecular weight excluding hydrogens is 218 g/mol. The highest BCUT2D eigenvalue weighted by Crippen LogP contribution is 2.10. The van der Waals surface area contributed by atoms with Gasteiger partial charge in [-0.05, 0) is 0 Å². The number of rotatable bonds is 3. The first kappa shape index (κ1) is 9.85. The number of aromatic nitrogens is 5. The standard InChI is InChI=1S/C8H8ClN5O/c1-15-8-10-3-6(4-11-8)14-5-12-13-7(14)2-9/h3-5H,2H2,1H3. The summed E-state index contributed by atoms with van der Waals surface area (Å²) in [7, 11) is 1.51. The predicted octanol–water partition coefficient (Wildman–Crippen LogP) is 0.805. The molecule has 0 amide bonds. The normalized spacial score (nSPS) is 10.3. The molecule has 78 valence electrons. The van der Waals surface area contributed by atoms with Crippen molar-refractivity contribution in [2.45, 2.75) is 5.88 Å². The Bertz CT molecular complexity index is 441. The smallest absolute Gasteiger partial charge is 0.316 e. The van der Waals surface area contributed by atoms with Gasteiger partial charge in [0.25, 0.3) is 0 Å². The highest BCUT2D eigenvalue weighted by molar-refractivity contribution is 6.16. The third kappa shape index (κ3) is 1.89. The molecule has 15 heavy (non-hydrogen) atoms. The third-order valence-electron chi connectivity index (χ3n) is 1.81. The second-order valence-electron chi connectivity index (χ2n) is 2.68. The summed E-state index contributed by atoms with van der Waals surface area (Å²) < 4.78 is 6.57. The van der Waals surface area contributed by atoms with Crippen molar-refractivity contribution in [3.05, 3.63) is 24.5 Å². The van der Waals surface area contributed by atoms with E-state index >= 15 is 0 Å². The van der Waals surface area contributed by atoms with Gasteiger partial charge in [-0.2, -0.15) is 0 Å². The van der Waals surface area contributed by atoms with Gasteiger partial charge in [-0.15, -0.1) is 21.8 Å². The van der Waals surface area contributed by atoms with Crippen LogP contribution in [0.1, 0.15) is 5.82 Å². The molecule has 7 heteroatoms. The van der Waals surface area contributed by atoms with Crippen molar-refractivity contribution in [3.63, 3.8) is 0 Å². The molecule has 6 nitrogen and oxygen atoms in total. The SMILES string of the molecule is COc1ncc(-n2cnnc2CCl)cn1. The Balaban J connectivity index is 2.37. The molecule has 2 aromatic rings. The zero-order valence-corrected chi connectivity index (χ0v) is 8.72. The molecule has 0 fully saturated rings. The van der Waals surface area contributed by atoms with Crippen LogP contribution in [0, 0.1) is 0 Å². The minimum Gasteiger partial charge on any atom is -0.467 e. The fraction of sp³-hybridized carbons (Fsp3) is 0.250. The van der Waals surface area contributed by atoms with Gasteiger partial charge < -0.3 is 4.74 Å². The van der Waals surface area contributed by atoms with Gasteiger partial charge in [0.05, 0.1) is 31.1 Å². The van der Waals surface area contributed by atoms with E-state index in [-0.39, 0.29) is 5.88 Å². The van der Waals surface area contributed by atoms with E-state index in [1.807, 2.05) is 0 Å². The van der Waals surface area contributed by atoms with Crippen LogP contribution >= 0.6 is 11.6 Å². The van der Waals surface area contributed by atoms with Crippen LogP contribution in [0.15, 0.2) is 18.7 Å². The topological polar surface area (TPSA) is 65.7 Å². The van der Waals surface area contributed by atoms with Crippen LogP contribution in [0.5, 0.6) is 6.01 Å². The monoisotopic (exact) mass is 225 g/mol. The second kappa shape index (κ2) is 4.22. The lowest BCUT2D eigenvalue weighted by Crippen LogP contribution is -2.00. The Morgan fingerprint density at radius 2 is 2.13 bits per heavy atom. The molecule has 0 bridgehead atoms. The number of hydrogen-bond donors (Lipinski definition) is 0. The van der Waals surface area contributed by atoms with Gasteiger partial charge in [-0.1, -0.05) is 0 Å². The molecule has 0 saturated carbocycles. The number of ether oxygens (including phenoxy) is 1. The summed E-state index contributed by atoms with van der Waals surface area (Å²) >= 11 is 5.69. The number of halogens is 1. The molecule has 0 aliphatic rings. The summed E-state index contributed by atoms with van der Waals surface area (Å²) in [5, 5.41) is 7.60. The Hall–Kier alpha value is -1.69. The van der Waals surface area contributed by atoms with Crippen LogP contribution < -0.4 is 4.74 Å². The first-order chi connectivity index (χ1) is 7.35. The minimum absolute atomic E-state index is 0.284. The summed E-state index contributed by atoms with van der Waals surface area (Å²) in [5.41, 5.74) is 0.747. The summed E-state index contributed by atoms with van der Waals surface area (Å²) in [6.07, 6.45) is 4.79. The molecule has 0 aliphatic heterocycles. The average Bonchev–Trinajstić information content (AvgIpc) is 2.77. The van der Waals surface area contributed by atoms with Gasteiger partial charge in [0.1, 0.15) is 6.33 Å². The zero-order valence-electron chi connectivity index (χ0n) is 7.96. The Labute approximate surface area is 90.9 Å². The number of alkyl halides is 1. The fourth-order valence-corrected chi connectivity index (χ4v) is 1.29. The van der Waals surface area contributed by atoms with Crippen LogP contribution in [0.2, 0.25) is 0 Å².